The molecule has 0 bridgehead atoms. The van der Waals surface area contributed by atoms with Gasteiger partial charge in [-0.1, -0.05) is 86.4 Å². The van der Waals surface area contributed by atoms with E-state index in [2.05, 4.69) is 58.3 Å². The molecule has 0 N–H and O–H groups in total. The second-order valence-electron chi connectivity index (χ2n) is 13.0. The van der Waals surface area contributed by atoms with Gasteiger partial charge in [0.2, 0.25) is 0 Å². The Morgan fingerprint density at radius 3 is 1.15 bits per heavy atom. The van der Waals surface area contributed by atoms with Crippen molar-refractivity contribution in [2.75, 3.05) is 51.2 Å². The van der Waals surface area contributed by atoms with Gasteiger partial charge in [0.25, 0.3) is 0 Å². The van der Waals surface area contributed by atoms with Crippen LogP contribution in [0, 0.1) is 0 Å². The van der Waals surface area contributed by atoms with Gasteiger partial charge in [0.05, 0.1) is 13.2 Å². The van der Waals surface area contributed by atoms with E-state index in [1.54, 1.807) is 24.3 Å². The highest BCUT2D eigenvalue weighted by molar-refractivity contribution is 6.05. The third kappa shape index (κ3) is 13.9. The number of ketones is 2. The Morgan fingerprint density at radius 1 is 0.462 bits per heavy atom. The molecule has 0 unspecified atom stereocenters. The number of ether oxygens (including phenoxy) is 2. The van der Waals surface area contributed by atoms with Crippen LogP contribution in [0.25, 0.3) is 12.2 Å². The number of allylic oxidation sites excluding steroid dienone is 6. The lowest BCUT2D eigenvalue weighted by atomic mass is 10.1. The standard InChI is InChI=1S/C46H52N2O4/c1-47(2)41-27-19-37(20-28-41)15-9-11-17-45(49)39-23-31-43(32-24-39)51-35-13-7-5-6-8-14-36-52-44-33-25-40(26-34-44)46(50)18-12-10-16-38-21-29-42(30-22-38)48(3)4/h9-12,15-34H,5-8,13-14,35-36H2,1-4H3/b15-9+,16-10+,17-11+,18-12+. The summed E-state index contributed by atoms with van der Waals surface area (Å²) in [5.41, 5.74) is 5.74. The maximum atomic E-state index is 12.5. The second-order valence-corrected chi connectivity index (χ2v) is 13.0. The monoisotopic (exact) mass is 696 g/mol. The van der Waals surface area contributed by atoms with E-state index in [1.165, 1.54) is 0 Å². The molecule has 0 radical (unpaired) electrons. The number of unbranched alkanes of at least 4 members (excludes halogenated alkanes) is 5. The molecule has 0 spiro atoms. The van der Waals surface area contributed by atoms with E-state index in [-0.39, 0.29) is 11.6 Å². The SMILES string of the molecule is CN(C)c1ccc(/C=C/C=C/C(=O)c2ccc(OCCCCCCCCOc3ccc(C(=O)/C=C/C=C/c4ccc(N(C)C)cc4)cc3)cc2)cc1. The van der Waals surface area contributed by atoms with Crippen molar-refractivity contribution in [3.8, 4) is 11.5 Å². The Hall–Kier alpha value is -5.62. The fourth-order valence-corrected chi connectivity index (χ4v) is 5.30. The minimum atomic E-state index is -0.0369. The first-order valence-corrected chi connectivity index (χ1v) is 18.1. The highest BCUT2D eigenvalue weighted by atomic mass is 16.5. The molecule has 0 amide bonds. The lowest BCUT2D eigenvalue weighted by molar-refractivity contribution is 0.103. The molecular formula is C46H52N2O4. The van der Waals surface area contributed by atoms with Gasteiger partial charge in [0.1, 0.15) is 11.5 Å². The lowest BCUT2D eigenvalue weighted by Crippen LogP contribution is -2.07. The Bertz CT molecular complexity index is 1650. The summed E-state index contributed by atoms with van der Waals surface area (Å²) in [6.07, 6.45) is 20.9. The number of nitrogens with zero attached hydrogens (tertiary/aromatic N) is 2. The third-order valence-electron chi connectivity index (χ3n) is 8.47. The van der Waals surface area contributed by atoms with E-state index >= 15 is 0 Å². The number of carbonyl (C=O) groups is 2. The molecule has 4 aromatic carbocycles. The topological polar surface area (TPSA) is 59.1 Å². The highest BCUT2D eigenvalue weighted by Gasteiger charge is 2.04. The molecule has 0 aromatic heterocycles. The number of hydrogen-bond acceptors (Lipinski definition) is 6. The van der Waals surface area contributed by atoms with Crippen molar-refractivity contribution in [1.29, 1.82) is 0 Å². The van der Waals surface area contributed by atoms with E-state index in [4.69, 9.17) is 9.47 Å². The number of rotatable bonds is 21. The summed E-state index contributed by atoms with van der Waals surface area (Å²) >= 11 is 0. The van der Waals surface area contributed by atoms with Crippen LogP contribution in [0.2, 0.25) is 0 Å². The van der Waals surface area contributed by atoms with Gasteiger partial charge < -0.3 is 19.3 Å². The summed E-state index contributed by atoms with van der Waals surface area (Å²) in [6, 6.07) is 31.2. The molecule has 0 heterocycles. The van der Waals surface area contributed by atoms with E-state index in [9.17, 15) is 9.59 Å². The van der Waals surface area contributed by atoms with Gasteiger partial charge in [-0.2, -0.15) is 0 Å². The van der Waals surface area contributed by atoms with E-state index in [0.717, 1.165) is 72.5 Å². The van der Waals surface area contributed by atoms with Crippen LogP contribution < -0.4 is 19.3 Å². The Kier molecular flexibility index (Phi) is 16.2. The largest absolute Gasteiger partial charge is 0.494 e. The average Bonchev–Trinajstić information content (AvgIpc) is 3.16. The van der Waals surface area contributed by atoms with Crippen LogP contribution in [0.3, 0.4) is 0 Å². The molecule has 0 aliphatic carbocycles. The summed E-state index contributed by atoms with van der Waals surface area (Å²) in [6.45, 7) is 1.32. The van der Waals surface area contributed by atoms with Crippen molar-refractivity contribution in [2.24, 2.45) is 0 Å². The molecule has 270 valence electrons. The lowest BCUT2D eigenvalue weighted by Gasteiger charge is -2.11. The molecule has 4 aromatic rings. The van der Waals surface area contributed by atoms with Crippen LogP contribution in [-0.4, -0.2) is 53.0 Å². The van der Waals surface area contributed by atoms with Gasteiger partial charge in [-0.25, -0.2) is 0 Å². The first-order valence-electron chi connectivity index (χ1n) is 18.1. The Balaban J connectivity index is 1.02. The van der Waals surface area contributed by atoms with Gasteiger partial charge in [0.15, 0.2) is 11.6 Å². The number of anilines is 2. The highest BCUT2D eigenvalue weighted by Crippen LogP contribution is 2.17. The van der Waals surface area contributed by atoms with E-state index in [1.807, 2.05) is 101 Å². The van der Waals surface area contributed by atoms with Crippen LogP contribution in [-0.2, 0) is 0 Å². The summed E-state index contributed by atoms with van der Waals surface area (Å²) < 4.78 is 11.8. The molecule has 0 fully saturated rings. The van der Waals surface area contributed by atoms with Crippen LogP contribution in [0.4, 0.5) is 11.4 Å². The second kappa shape index (κ2) is 21.6. The molecule has 0 aliphatic rings. The smallest absolute Gasteiger partial charge is 0.185 e. The Morgan fingerprint density at radius 2 is 0.808 bits per heavy atom. The maximum absolute atomic E-state index is 12.5. The molecule has 6 nitrogen and oxygen atoms in total. The van der Waals surface area contributed by atoms with Crippen molar-refractivity contribution >= 4 is 35.1 Å². The molecule has 0 aliphatic heterocycles. The molecule has 52 heavy (non-hydrogen) atoms. The van der Waals surface area contributed by atoms with Crippen molar-refractivity contribution < 1.29 is 19.1 Å². The van der Waals surface area contributed by atoms with Gasteiger partial charge in [-0.05, 0) is 109 Å². The number of benzene rings is 4. The first kappa shape index (κ1) is 39.2. The van der Waals surface area contributed by atoms with E-state index in [0.29, 0.717) is 24.3 Å². The normalized spacial score (nSPS) is 11.5. The maximum Gasteiger partial charge on any atom is 0.185 e. The van der Waals surface area contributed by atoms with Crippen LogP contribution in [0.5, 0.6) is 11.5 Å². The molecular weight excluding hydrogens is 645 g/mol. The molecule has 6 heteroatoms. The first-order chi connectivity index (χ1) is 25.3. The fraction of sp³-hybridized carbons (Fsp3) is 0.261. The summed E-state index contributed by atoms with van der Waals surface area (Å²) in [4.78, 5) is 29.2. The summed E-state index contributed by atoms with van der Waals surface area (Å²) in [5, 5.41) is 0. The number of carbonyl (C=O) groups excluding carboxylic acids is 2. The van der Waals surface area contributed by atoms with Crippen LogP contribution >= 0.6 is 0 Å². The van der Waals surface area contributed by atoms with Gasteiger partial charge in [-0.15, -0.1) is 0 Å². The van der Waals surface area contributed by atoms with Crippen molar-refractivity contribution in [2.45, 2.75) is 38.5 Å². The third-order valence-corrected chi connectivity index (χ3v) is 8.47. The zero-order valence-electron chi connectivity index (χ0n) is 31.0. The van der Waals surface area contributed by atoms with E-state index < -0.39 is 0 Å². The predicted molar refractivity (Wildman–Crippen MR) is 218 cm³/mol. The van der Waals surface area contributed by atoms with Crippen LogP contribution in [0.15, 0.2) is 134 Å². The van der Waals surface area contributed by atoms with Crippen molar-refractivity contribution in [1.82, 2.24) is 0 Å². The van der Waals surface area contributed by atoms with Gasteiger partial charge >= 0.3 is 0 Å². The minimum Gasteiger partial charge on any atom is -0.494 e. The summed E-state index contributed by atoms with van der Waals surface area (Å²) in [5.74, 6) is 1.49. The van der Waals surface area contributed by atoms with Gasteiger partial charge in [0, 0.05) is 50.7 Å². The predicted octanol–water partition coefficient (Wildman–Crippen LogP) is 10.5. The zero-order chi connectivity index (χ0) is 37.0. The Labute approximate surface area is 310 Å². The van der Waals surface area contributed by atoms with Gasteiger partial charge in [-0.3, -0.25) is 9.59 Å². The molecule has 4 rings (SSSR count). The minimum absolute atomic E-state index is 0.0369. The van der Waals surface area contributed by atoms with Crippen LogP contribution in [0.1, 0.15) is 70.4 Å². The van der Waals surface area contributed by atoms with Crippen molar-refractivity contribution in [3.05, 3.63) is 156 Å². The average molecular weight is 697 g/mol. The zero-order valence-corrected chi connectivity index (χ0v) is 31.0. The number of hydrogen-bond donors (Lipinski definition) is 0. The summed E-state index contributed by atoms with van der Waals surface area (Å²) in [7, 11) is 8.07. The van der Waals surface area contributed by atoms with Crippen molar-refractivity contribution in [3.63, 3.8) is 0 Å². The fourth-order valence-electron chi connectivity index (χ4n) is 5.30. The molecule has 0 saturated heterocycles. The quantitative estimate of drug-likeness (QED) is 0.0374. The molecule has 0 saturated carbocycles. The molecule has 0 atom stereocenters.